The van der Waals surface area contributed by atoms with Crippen molar-refractivity contribution in [1.29, 1.82) is 0 Å². The van der Waals surface area contributed by atoms with Crippen LogP contribution in [0.4, 0.5) is 4.39 Å². The zero-order valence-corrected chi connectivity index (χ0v) is 19.7. The van der Waals surface area contributed by atoms with E-state index in [9.17, 15) is 17.6 Å². The highest BCUT2D eigenvalue weighted by molar-refractivity contribution is 7.89. The molecule has 0 fully saturated rings. The predicted octanol–water partition coefficient (Wildman–Crippen LogP) is 3.65. The van der Waals surface area contributed by atoms with Crippen molar-refractivity contribution in [2.45, 2.75) is 24.4 Å². The van der Waals surface area contributed by atoms with Crippen LogP contribution in [-0.2, 0) is 16.6 Å². The fourth-order valence-electron chi connectivity index (χ4n) is 3.47. The maximum absolute atomic E-state index is 13.7. The topological polar surface area (TPSA) is 78.5 Å². The van der Waals surface area contributed by atoms with Crippen LogP contribution in [0.5, 0.6) is 0 Å². The summed E-state index contributed by atoms with van der Waals surface area (Å²) in [4.78, 5) is 14.8. The molecule has 1 unspecified atom stereocenters. The summed E-state index contributed by atoms with van der Waals surface area (Å²) < 4.78 is 41.8. The van der Waals surface area contributed by atoms with E-state index in [0.717, 1.165) is 11.1 Å². The molecule has 2 N–H and O–H groups in total. The van der Waals surface area contributed by atoms with E-state index in [1.807, 2.05) is 49.3 Å². The molecule has 8 heteroatoms. The maximum Gasteiger partial charge on any atom is 0.251 e. The van der Waals surface area contributed by atoms with Crippen LogP contribution in [0.1, 0.15) is 33.1 Å². The number of rotatable bonds is 9. The molecule has 0 saturated heterocycles. The molecule has 6 nitrogen and oxygen atoms in total. The van der Waals surface area contributed by atoms with Crippen LogP contribution in [0.2, 0.25) is 0 Å². The number of halogens is 1. The van der Waals surface area contributed by atoms with Crippen molar-refractivity contribution in [2.24, 2.45) is 0 Å². The van der Waals surface area contributed by atoms with Crippen molar-refractivity contribution >= 4 is 15.9 Å². The van der Waals surface area contributed by atoms with Crippen molar-refractivity contribution < 1.29 is 17.6 Å². The third kappa shape index (κ3) is 6.47. The molecule has 1 atom stereocenters. The summed E-state index contributed by atoms with van der Waals surface area (Å²) in [7, 11) is -0.112. The first-order valence-corrected chi connectivity index (χ1v) is 12.0. The normalized spacial score (nSPS) is 12.5. The van der Waals surface area contributed by atoms with Gasteiger partial charge in [-0.15, -0.1) is 0 Å². The van der Waals surface area contributed by atoms with E-state index in [2.05, 4.69) is 10.0 Å². The highest BCUT2D eigenvalue weighted by atomic mass is 32.2. The summed E-state index contributed by atoms with van der Waals surface area (Å²) in [5.74, 6) is -0.738. The van der Waals surface area contributed by atoms with E-state index in [1.54, 1.807) is 25.1 Å². The van der Waals surface area contributed by atoms with Crippen molar-refractivity contribution in [3.05, 3.63) is 101 Å². The van der Waals surface area contributed by atoms with E-state index in [-0.39, 0.29) is 35.4 Å². The Kier molecular flexibility index (Phi) is 7.97. The molecule has 3 rings (SSSR count). The SMILES string of the molecule is Cc1ccc(S(=O)(=O)NCc2ccccc2)cc1C(=O)NCC(c1cccc(F)c1)N(C)C. The van der Waals surface area contributed by atoms with E-state index in [4.69, 9.17) is 0 Å². The van der Waals surface area contributed by atoms with E-state index in [0.29, 0.717) is 5.56 Å². The van der Waals surface area contributed by atoms with Crippen LogP contribution in [0, 0.1) is 12.7 Å². The number of nitrogens with one attached hydrogen (secondary N) is 2. The maximum atomic E-state index is 13.7. The lowest BCUT2D eigenvalue weighted by Crippen LogP contribution is -2.35. The van der Waals surface area contributed by atoms with Crippen LogP contribution in [0.25, 0.3) is 0 Å². The number of amides is 1. The highest BCUT2D eigenvalue weighted by Gasteiger charge is 2.20. The van der Waals surface area contributed by atoms with Crippen LogP contribution in [0.3, 0.4) is 0 Å². The number of aryl methyl sites for hydroxylation is 1. The lowest BCUT2D eigenvalue weighted by molar-refractivity contribution is 0.0941. The van der Waals surface area contributed by atoms with E-state index < -0.39 is 15.9 Å². The molecule has 0 aromatic heterocycles. The van der Waals surface area contributed by atoms with Crippen LogP contribution >= 0.6 is 0 Å². The van der Waals surface area contributed by atoms with Gasteiger partial charge in [-0.25, -0.2) is 17.5 Å². The van der Waals surface area contributed by atoms with Crippen molar-refractivity contribution in [3.63, 3.8) is 0 Å². The summed E-state index contributed by atoms with van der Waals surface area (Å²) in [6.07, 6.45) is 0. The van der Waals surface area contributed by atoms with Gasteiger partial charge < -0.3 is 10.2 Å². The third-order valence-corrected chi connectivity index (χ3v) is 6.78. The number of nitrogens with zero attached hydrogens (tertiary/aromatic N) is 1. The average molecular weight is 470 g/mol. The summed E-state index contributed by atoms with van der Waals surface area (Å²) in [5.41, 5.74) is 2.49. The van der Waals surface area contributed by atoms with Gasteiger partial charge in [-0.2, -0.15) is 0 Å². The zero-order chi connectivity index (χ0) is 24.0. The predicted molar refractivity (Wildman–Crippen MR) is 127 cm³/mol. The highest BCUT2D eigenvalue weighted by Crippen LogP contribution is 2.20. The average Bonchev–Trinajstić information content (AvgIpc) is 2.78. The number of hydrogen-bond acceptors (Lipinski definition) is 4. The summed E-state index contributed by atoms with van der Waals surface area (Å²) in [6, 6.07) is 19.7. The molecule has 0 spiro atoms. The molecule has 0 aliphatic rings. The fraction of sp³-hybridized carbons (Fsp3) is 0.240. The Morgan fingerprint density at radius 1 is 1.00 bits per heavy atom. The molecule has 174 valence electrons. The quantitative estimate of drug-likeness (QED) is 0.502. The molecule has 33 heavy (non-hydrogen) atoms. The van der Waals surface area contributed by atoms with Gasteiger partial charge >= 0.3 is 0 Å². The van der Waals surface area contributed by atoms with Gasteiger partial charge in [0.1, 0.15) is 5.82 Å². The van der Waals surface area contributed by atoms with Crippen LogP contribution in [-0.4, -0.2) is 39.9 Å². The molecular formula is C25H28FN3O3S. The summed E-state index contributed by atoms with van der Waals surface area (Å²) >= 11 is 0. The van der Waals surface area contributed by atoms with E-state index in [1.165, 1.54) is 24.3 Å². The molecular weight excluding hydrogens is 441 g/mol. The van der Waals surface area contributed by atoms with Gasteiger partial charge in [-0.3, -0.25) is 4.79 Å². The molecule has 0 aliphatic heterocycles. The smallest absolute Gasteiger partial charge is 0.251 e. The van der Waals surface area contributed by atoms with Gasteiger partial charge in [0.25, 0.3) is 5.91 Å². The van der Waals surface area contributed by atoms with E-state index >= 15 is 0 Å². The monoisotopic (exact) mass is 469 g/mol. The standard InChI is InChI=1S/C25H28FN3O3S/c1-18-12-13-22(33(31,32)28-16-19-8-5-4-6-9-19)15-23(18)25(30)27-17-24(29(2)3)20-10-7-11-21(26)14-20/h4-15,24,28H,16-17H2,1-3H3,(H,27,30). The van der Waals surface area contributed by atoms with Crippen molar-refractivity contribution in [1.82, 2.24) is 14.9 Å². The van der Waals surface area contributed by atoms with Gasteiger partial charge in [-0.05, 0) is 62.0 Å². The Morgan fingerprint density at radius 3 is 2.39 bits per heavy atom. The van der Waals surface area contributed by atoms with Gasteiger partial charge in [0.15, 0.2) is 0 Å². The first-order valence-electron chi connectivity index (χ1n) is 10.5. The number of carbonyl (C=O) groups is 1. The van der Waals surface area contributed by atoms with Crippen molar-refractivity contribution in [2.75, 3.05) is 20.6 Å². The molecule has 0 aliphatic carbocycles. The zero-order valence-electron chi connectivity index (χ0n) is 18.9. The number of likely N-dealkylation sites (N-methyl/N-ethyl adjacent to an activating group) is 1. The molecule has 0 saturated carbocycles. The fourth-order valence-corrected chi connectivity index (χ4v) is 4.51. The van der Waals surface area contributed by atoms with Gasteiger partial charge in [0.2, 0.25) is 10.0 Å². The first-order chi connectivity index (χ1) is 15.7. The lowest BCUT2D eigenvalue weighted by Gasteiger charge is -2.25. The molecule has 0 heterocycles. The van der Waals surface area contributed by atoms with Gasteiger partial charge in [0, 0.05) is 18.7 Å². The minimum atomic E-state index is -3.80. The molecule has 3 aromatic rings. The van der Waals surface area contributed by atoms with Gasteiger partial charge in [0.05, 0.1) is 10.9 Å². The van der Waals surface area contributed by atoms with Crippen molar-refractivity contribution in [3.8, 4) is 0 Å². The Morgan fingerprint density at radius 2 is 1.73 bits per heavy atom. The Balaban J connectivity index is 1.74. The van der Waals surface area contributed by atoms with Gasteiger partial charge in [-0.1, -0.05) is 48.5 Å². The van der Waals surface area contributed by atoms with Crippen LogP contribution in [0.15, 0.2) is 77.7 Å². The Hall–Kier alpha value is -3.07. The Labute approximate surface area is 194 Å². The third-order valence-electron chi connectivity index (χ3n) is 5.39. The number of hydrogen-bond donors (Lipinski definition) is 2. The second kappa shape index (κ2) is 10.7. The molecule has 3 aromatic carbocycles. The minimum absolute atomic E-state index is 0.0171. The number of carbonyl (C=O) groups excluding carboxylic acids is 1. The summed E-state index contributed by atoms with van der Waals surface area (Å²) in [6.45, 7) is 2.13. The molecule has 1 amide bonds. The number of benzene rings is 3. The molecule has 0 bridgehead atoms. The number of sulfonamides is 1. The second-order valence-electron chi connectivity index (χ2n) is 8.03. The largest absolute Gasteiger partial charge is 0.350 e. The Bertz CT molecular complexity index is 1210. The second-order valence-corrected chi connectivity index (χ2v) is 9.80. The minimum Gasteiger partial charge on any atom is -0.350 e. The first kappa shape index (κ1) is 24.6. The lowest BCUT2D eigenvalue weighted by atomic mass is 10.0. The van der Waals surface area contributed by atoms with Crippen LogP contribution < -0.4 is 10.0 Å². The molecule has 0 radical (unpaired) electrons. The summed E-state index contributed by atoms with van der Waals surface area (Å²) in [5, 5.41) is 2.86.